The van der Waals surface area contributed by atoms with E-state index in [4.69, 9.17) is 4.74 Å². The van der Waals surface area contributed by atoms with Crippen LogP contribution in [-0.2, 0) is 14.3 Å². The zero-order valence-corrected chi connectivity index (χ0v) is 19.0. The second-order valence-electron chi connectivity index (χ2n) is 9.00. The predicted octanol–water partition coefficient (Wildman–Crippen LogP) is 4.10. The molecule has 3 atom stereocenters. The Bertz CT molecular complexity index is 1210. The van der Waals surface area contributed by atoms with E-state index in [0.717, 1.165) is 11.1 Å². The Labute approximate surface area is 203 Å². The summed E-state index contributed by atoms with van der Waals surface area (Å²) in [6, 6.07) is 23.8. The van der Waals surface area contributed by atoms with Crippen molar-refractivity contribution >= 4 is 18.0 Å². The van der Waals surface area contributed by atoms with Crippen molar-refractivity contribution in [2.24, 2.45) is 11.8 Å². The second kappa shape index (κ2) is 9.62. The lowest BCUT2D eigenvalue weighted by Gasteiger charge is -2.15. The number of carboxylic acids is 1. The first-order valence-electron chi connectivity index (χ1n) is 11.7. The van der Waals surface area contributed by atoms with Gasteiger partial charge in [-0.2, -0.15) is 0 Å². The molecule has 0 aromatic heterocycles. The number of hydrogen-bond acceptors (Lipinski definition) is 4. The Balaban J connectivity index is 1.11. The number of fused-ring (bicyclic) bond motifs is 3. The molecule has 3 N–H and O–H groups in total. The van der Waals surface area contributed by atoms with Gasteiger partial charge in [0.05, 0.1) is 0 Å². The molecule has 3 aromatic rings. The molecular weight excluding hydrogens is 444 g/mol. The van der Waals surface area contributed by atoms with Gasteiger partial charge in [-0.25, -0.2) is 9.59 Å². The summed E-state index contributed by atoms with van der Waals surface area (Å²) in [5, 5.41) is 14.9. The monoisotopic (exact) mass is 470 g/mol. The molecule has 2 amide bonds. The van der Waals surface area contributed by atoms with Gasteiger partial charge < -0.3 is 20.5 Å². The van der Waals surface area contributed by atoms with E-state index in [2.05, 4.69) is 34.9 Å². The number of rotatable bonds is 8. The first-order chi connectivity index (χ1) is 17.0. The fraction of sp³-hybridized carbons (Fsp3) is 0.250. The number of alkyl carbamates (subject to hydrolysis) is 1. The largest absolute Gasteiger partial charge is 0.479 e. The molecule has 0 spiro atoms. The van der Waals surface area contributed by atoms with Crippen LogP contribution >= 0.6 is 0 Å². The number of benzene rings is 3. The van der Waals surface area contributed by atoms with Crippen molar-refractivity contribution in [3.05, 3.63) is 95.6 Å². The summed E-state index contributed by atoms with van der Waals surface area (Å²) in [6.45, 7) is 0.531. The molecule has 0 radical (unpaired) electrons. The van der Waals surface area contributed by atoms with E-state index in [9.17, 15) is 19.5 Å². The highest BCUT2D eigenvalue weighted by Gasteiger charge is 2.44. The van der Waals surface area contributed by atoms with Crippen molar-refractivity contribution in [2.45, 2.75) is 18.4 Å². The molecule has 5 rings (SSSR count). The number of amides is 2. The fourth-order valence-electron chi connectivity index (χ4n) is 4.84. The Morgan fingerprint density at radius 3 is 2.11 bits per heavy atom. The number of ether oxygens (including phenoxy) is 1. The Morgan fingerprint density at radius 2 is 1.49 bits per heavy atom. The summed E-state index contributed by atoms with van der Waals surface area (Å²) in [5.74, 6) is -1.81. The molecule has 1 saturated carbocycles. The Kier molecular flexibility index (Phi) is 6.23. The molecule has 7 heteroatoms. The minimum absolute atomic E-state index is 0.0152. The minimum atomic E-state index is -1.11. The van der Waals surface area contributed by atoms with Crippen molar-refractivity contribution in [3.63, 3.8) is 0 Å². The van der Waals surface area contributed by atoms with Crippen LogP contribution in [0.25, 0.3) is 11.1 Å². The summed E-state index contributed by atoms with van der Waals surface area (Å²) in [7, 11) is 0. The molecule has 0 aliphatic heterocycles. The number of carbonyl (C=O) groups excluding carboxylic acids is 2. The molecule has 7 nitrogen and oxygen atoms in total. The quantitative estimate of drug-likeness (QED) is 0.460. The van der Waals surface area contributed by atoms with Crippen LogP contribution in [0.3, 0.4) is 0 Å². The van der Waals surface area contributed by atoms with Crippen molar-refractivity contribution in [1.82, 2.24) is 10.6 Å². The Hall–Kier alpha value is -4.13. The number of carbonyl (C=O) groups is 3. The Morgan fingerprint density at radius 1 is 0.886 bits per heavy atom. The maximum absolute atomic E-state index is 12.6. The van der Waals surface area contributed by atoms with Crippen LogP contribution < -0.4 is 10.6 Å². The van der Waals surface area contributed by atoms with Gasteiger partial charge in [0.25, 0.3) is 0 Å². The zero-order valence-electron chi connectivity index (χ0n) is 19.0. The fourth-order valence-corrected chi connectivity index (χ4v) is 4.84. The average Bonchev–Trinajstić information content (AvgIpc) is 3.60. The van der Waals surface area contributed by atoms with Gasteiger partial charge in [0.1, 0.15) is 6.61 Å². The van der Waals surface area contributed by atoms with Gasteiger partial charge in [-0.1, -0.05) is 78.9 Å². The first-order valence-corrected chi connectivity index (χ1v) is 11.7. The zero-order chi connectivity index (χ0) is 24.4. The van der Waals surface area contributed by atoms with Gasteiger partial charge in [-0.3, -0.25) is 4.79 Å². The van der Waals surface area contributed by atoms with Crippen molar-refractivity contribution in [3.8, 4) is 11.1 Å². The van der Waals surface area contributed by atoms with Crippen molar-refractivity contribution < 1.29 is 24.2 Å². The van der Waals surface area contributed by atoms with Crippen LogP contribution in [0, 0.1) is 11.8 Å². The molecule has 2 aliphatic rings. The summed E-state index contributed by atoms with van der Waals surface area (Å²) in [5.41, 5.74) is 5.14. The van der Waals surface area contributed by atoms with Crippen molar-refractivity contribution in [1.29, 1.82) is 0 Å². The lowest BCUT2D eigenvalue weighted by atomic mass is 9.98. The highest BCUT2D eigenvalue weighted by Crippen LogP contribution is 2.44. The molecule has 0 unspecified atom stereocenters. The third-order valence-corrected chi connectivity index (χ3v) is 6.78. The topological polar surface area (TPSA) is 105 Å². The number of carboxylic acid groups (broad SMARTS) is 1. The van der Waals surface area contributed by atoms with E-state index in [1.165, 1.54) is 11.1 Å². The average molecular weight is 471 g/mol. The van der Waals surface area contributed by atoms with E-state index in [0.29, 0.717) is 18.5 Å². The molecule has 3 aromatic carbocycles. The van der Waals surface area contributed by atoms with Gasteiger partial charge in [0, 0.05) is 18.4 Å². The van der Waals surface area contributed by atoms with Crippen LogP contribution in [0.4, 0.5) is 4.79 Å². The smallest absolute Gasteiger partial charge is 0.407 e. The summed E-state index contributed by atoms with van der Waals surface area (Å²) in [6.07, 6.45) is 0.0713. The third kappa shape index (κ3) is 4.75. The van der Waals surface area contributed by atoms with Gasteiger partial charge in [-0.05, 0) is 40.2 Å². The summed E-state index contributed by atoms with van der Waals surface area (Å²) in [4.78, 5) is 36.6. The number of hydrogen-bond donors (Lipinski definition) is 3. The normalized spacial score (nSPS) is 18.6. The molecule has 0 saturated heterocycles. The van der Waals surface area contributed by atoms with Crippen molar-refractivity contribution in [2.75, 3.05) is 13.2 Å². The van der Waals surface area contributed by atoms with Crippen LogP contribution in [0.1, 0.15) is 35.1 Å². The third-order valence-electron chi connectivity index (χ3n) is 6.78. The SMILES string of the molecule is O=C(NC[C@@H]1C[C@@H]1C(=O)N[C@H](C(=O)O)c1ccccc1)OCC1c2ccccc2-c2ccccc21. The molecular formula is C28H26N2O5. The maximum atomic E-state index is 12.6. The molecule has 1 fully saturated rings. The summed E-state index contributed by atoms with van der Waals surface area (Å²) >= 11 is 0. The van der Waals surface area contributed by atoms with E-state index in [1.54, 1.807) is 30.3 Å². The molecule has 0 bridgehead atoms. The van der Waals surface area contributed by atoms with Gasteiger partial charge in [0.2, 0.25) is 5.91 Å². The van der Waals surface area contributed by atoms with Gasteiger partial charge >= 0.3 is 12.1 Å². The van der Waals surface area contributed by atoms with Crippen LogP contribution in [0.2, 0.25) is 0 Å². The first kappa shape index (κ1) is 22.7. The number of nitrogens with one attached hydrogen (secondary N) is 2. The van der Waals surface area contributed by atoms with E-state index >= 15 is 0 Å². The van der Waals surface area contributed by atoms with Crippen LogP contribution in [0.5, 0.6) is 0 Å². The molecule has 178 valence electrons. The highest BCUT2D eigenvalue weighted by molar-refractivity contribution is 5.87. The van der Waals surface area contributed by atoms with Crippen LogP contribution in [-0.4, -0.2) is 36.2 Å². The summed E-state index contributed by atoms with van der Waals surface area (Å²) < 4.78 is 5.54. The lowest BCUT2D eigenvalue weighted by Crippen LogP contribution is -2.35. The van der Waals surface area contributed by atoms with E-state index < -0.39 is 18.1 Å². The highest BCUT2D eigenvalue weighted by atomic mass is 16.5. The lowest BCUT2D eigenvalue weighted by molar-refractivity contribution is -0.142. The predicted molar refractivity (Wildman–Crippen MR) is 130 cm³/mol. The van der Waals surface area contributed by atoms with Gasteiger partial charge in [-0.15, -0.1) is 0 Å². The molecule has 0 heterocycles. The molecule has 2 aliphatic carbocycles. The molecule has 35 heavy (non-hydrogen) atoms. The van der Waals surface area contributed by atoms with E-state index in [1.807, 2.05) is 24.3 Å². The number of aliphatic carboxylic acids is 1. The minimum Gasteiger partial charge on any atom is -0.479 e. The van der Waals surface area contributed by atoms with E-state index in [-0.39, 0.29) is 30.3 Å². The van der Waals surface area contributed by atoms with Crippen LogP contribution in [0.15, 0.2) is 78.9 Å². The maximum Gasteiger partial charge on any atom is 0.407 e. The standard InChI is InChI=1S/C28H26N2O5/c31-26(30-25(27(32)33)17-8-2-1-3-9-17)23-14-18(23)15-29-28(34)35-16-24-21-12-6-4-10-19(21)20-11-5-7-13-22(20)24/h1-13,18,23-25H,14-16H2,(H,29,34)(H,30,31)(H,32,33)/t18-,23-,25-/m0/s1. The van der Waals surface area contributed by atoms with Gasteiger partial charge in [0.15, 0.2) is 6.04 Å². The second-order valence-corrected chi connectivity index (χ2v) is 9.00.